The van der Waals surface area contributed by atoms with Crippen LogP contribution < -0.4 is 10.5 Å². The first-order chi connectivity index (χ1) is 6.57. The van der Waals surface area contributed by atoms with Crippen LogP contribution in [0.3, 0.4) is 0 Å². The van der Waals surface area contributed by atoms with Crippen LogP contribution in [0, 0.1) is 18.6 Å². The van der Waals surface area contributed by atoms with Gasteiger partial charge in [-0.3, -0.25) is 0 Å². The Morgan fingerprint density at radius 1 is 1.36 bits per heavy atom. The minimum absolute atomic E-state index is 0.117. The Labute approximate surface area is 81.7 Å². The predicted octanol–water partition coefficient (Wildman–Crippen LogP) is 2.64. The summed E-state index contributed by atoms with van der Waals surface area (Å²) in [6.07, 6.45) is 0.731. The van der Waals surface area contributed by atoms with Crippen molar-refractivity contribution in [3.05, 3.63) is 23.3 Å². The smallest absolute Gasteiger partial charge is 0.201 e. The molecule has 1 rings (SSSR count). The third-order valence-electron chi connectivity index (χ3n) is 1.92. The second-order valence-electron chi connectivity index (χ2n) is 3.07. The van der Waals surface area contributed by atoms with E-state index < -0.39 is 11.6 Å². The molecule has 2 N–H and O–H groups in total. The Morgan fingerprint density at radius 2 is 2.00 bits per heavy atom. The summed E-state index contributed by atoms with van der Waals surface area (Å²) in [5, 5.41) is 0. The highest BCUT2D eigenvalue weighted by Gasteiger charge is 2.14. The number of ether oxygens (including phenoxy) is 1. The van der Waals surface area contributed by atoms with Gasteiger partial charge in [0.15, 0.2) is 11.6 Å². The van der Waals surface area contributed by atoms with E-state index in [9.17, 15) is 8.78 Å². The molecule has 0 fully saturated rings. The Kier molecular flexibility index (Phi) is 3.28. The molecule has 0 aliphatic heterocycles. The van der Waals surface area contributed by atoms with Crippen molar-refractivity contribution >= 4 is 5.69 Å². The third kappa shape index (κ3) is 1.95. The summed E-state index contributed by atoms with van der Waals surface area (Å²) < 4.78 is 31.4. The Balaban J connectivity index is 3.06. The Morgan fingerprint density at radius 3 is 2.57 bits per heavy atom. The van der Waals surface area contributed by atoms with Crippen LogP contribution in [0.5, 0.6) is 5.75 Å². The average molecular weight is 201 g/mol. The van der Waals surface area contributed by atoms with E-state index >= 15 is 0 Å². The molecule has 0 radical (unpaired) electrons. The topological polar surface area (TPSA) is 35.2 Å². The quantitative estimate of drug-likeness (QED) is 0.763. The van der Waals surface area contributed by atoms with E-state index in [1.54, 1.807) is 0 Å². The number of nitrogen functional groups attached to an aromatic ring is 1. The second-order valence-corrected chi connectivity index (χ2v) is 3.07. The maximum atomic E-state index is 13.2. The zero-order valence-electron chi connectivity index (χ0n) is 8.23. The van der Waals surface area contributed by atoms with Crippen molar-refractivity contribution in [1.29, 1.82) is 0 Å². The molecule has 14 heavy (non-hydrogen) atoms. The highest BCUT2D eigenvalue weighted by atomic mass is 19.2. The highest BCUT2D eigenvalue weighted by Crippen LogP contribution is 2.27. The van der Waals surface area contributed by atoms with Crippen molar-refractivity contribution in [2.45, 2.75) is 20.3 Å². The van der Waals surface area contributed by atoms with Crippen LogP contribution in [0.25, 0.3) is 0 Å². The van der Waals surface area contributed by atoms with Gasteiger partial charge in [0, 0.05) is 17.3 Å². The first-order valence-electron chi connectivity index (χ1n) is 4.44. The van der Waals surface area contributed by atoms with Crippen molar-refractivity contribution in [3.63, 3.8) is 0 Å². The van der Waals surface area contributed by atoms with Crippen LogP contribution in [0.1, 0.15) is 18.9 Å². The number of anilines is 1. The number of hydrogen-bond donors (Lipinski definition) is 1. The molecule has 0 atom stereocenters. The molecule has 0 unspecified atom stereocenters. The van der Waals surface area contributed by atoms with E-state index in [0.29, 0.717) is 6.61 Å². The average Bonchev–Trinajstić information content (AvgIpc) is 2.18. The van der Waals surface area contributed by atoms with Gasteiger partial charge >= 0.3 is 0 Å². The number of halogens is 2. The lowest BCUT2D eigenvalue weighted by Gasteiger charge is -2.09. The summed E-state index contributed by atoms with van der Waals surface area (Å²) >= 11 is 0. The third-order valence-corrected chi connectivity index (χ3v) is 1.92. The molecule has 1 aromatic carbocycles. The van der Waals surface area contributed by atoms with Crippen LogP contribution in [0.2, 0.25) is 0 Å². The van der Waals surface area contributed by atoms with Gasteiger partial charge in [0.05, 0.1) is 6.61 Å². The lowest BCUT2D eigenvalue weighted by Crippen LogP contribution is -2.03. The Bertz CT molecular complexity index is 339. The van der Waals surface area contributed by atoms with Crippen LogP contribution >= 0.6 is 0 Å². The number of hydrogen-bond acceptors (Lipinski definition) is 2. The lowest BCUT2D eigenvalue weighted by atomic mass is 10.2. The van der Waals surface area contributed by atoms with E-state index in [-0.39, 0.29) is 17.0 Å². The van der Waals surface area contributed by atoms with Crippen LogP contribution in [0.15, 0.2) is 6.07 Å². The van der Waals surface area contributed by atoms with Crippen molar-refractivity contribution in [2.24, 2.45) is 0 Å². The molecule has 0 aliphatic rings. The molecule has 0 saturated carbocycles. The first kappa shape index (κ1) is 10.8. The predicted molar refractivity (Wildman–Crippen MR) is 51.3 cm³/mol. The molecule has 0 amide bonds. The van der Waals surface area contributed by atoms with E-state index in [1.165, 1.54) is 13.0 Å². The fourth-order valence-corrected chi connectivity index (χ4v) is 1.03. The molecular formula is C10H13F2NO. The summed E-state index contributed by atoms with van der Waals surface area (Å²) in [6, 6.07) is 1.31. The summed E-state index contributed by atoms with van der Waals surface area (Å²) in [6.45, 7) is 3.65. The molecule has 1 aromatic rings. The maximum absolute atomic E-state index is 13.2. The van der Waals surface area contributed by atoms with Crippen molar-refractivity contribution in [1.82, 2.24) is 0 Å². The number of rotatable bonds is 3. The van der Waals surface area contributed by atoms with Gasteiger partial charge in [-0.15, -0.1) is 0 Å². The fourth-order valence-electron chi connectivity index (χ4n) is 1.03. The fraction of sp³-hybridized carbons (Fsp3) is 0.400. The van der Waals surface area contributed by atoms with Gasteiger partial charge in [0.1, 0.15) is 0 Å². The van der Waals surface area contributed by atoms with Gasteiger partial charge in [0.25, 0.3) is 0 Å². The SMILES string of the molecule is CCCOc1cc(N)c(C)c(F)c1F. The molecule has 0 aliphatic carbocycles. The van der Waals surface area contributed by atoms with Gasteiger partial charge in [-0.1, -0.05) is 6.92 Å². The molecule has 4 heteroatoms. The van der Waals surface area contributed by atoms with E-state index in [0.717, 1.165) is 6.42 Å². The summed E-state index contributed by atoms with van der Waals surface area (Å²) in [7, 11) is 0. The van der Waals surface area contributed by atoms with E-state index in [2.05, 4.69) is 0 Å². The molecular weight excluding hydrogens is 188 g/mol. The molecule has 0 aromatic heterocycles. The molecule has 78 valence electrons. The normalized spacial score (nSPS) is 10.3. The Hall–Kier alpha value is -1.32. The second kappa shape index (κ2) is 4.26. The minimum Gasteiger partial charge on any atom is -0.490 e. The van der Waals surface area contributed by atoms with Crippen molar-refractivity contribution < 1.29 is 13.5 Å². The summed E-state index contributed by atoms with van der Waals surface area (Å²) in [5.74, 6) is -2.02. The summed E-state index contributed by atoms with van der Waals surface area (Å²) in [4.78, 5) is 0. The van der Waals surface area contributed by atoms with Gasteiger partial charge in [0.2, 0.25) is 5.82 Å². The van der Waals surface area contributed by atoms with E-state index in [1.807, 2.05) is 6.92 Å². The number of benzene rings is 1. The van der Waals surface area contributed by atoms with Crippen LogP contribution in [-0.4, -0.2) is 6.61 Å². The molecule has 2 nitrogen and oxygen atoms in total. The highest BCUT2D eigenvalue weighted by molar-refractivity contribution is 5.52. The lowest BCUT2D eigenvalue weighted by molar-refractivity contribution is 0.295. The molecule has 0 heterocycles. The van der Waals surface area contributed by atoms with Crippen molar-refractivity contribution in [2.75, 3.05) is 12.3 Å². The van der Waals surface area contributed by atoms with Crippen LogP contribution in [0.4, 0.5) is 14.5 Å². The van der Waals surface area contributed by atoms with Gasteiger partial charge in [-0.25, -0.2) is 4.39 Å². The van der Waals surface area contributed by atoms with Crippen molar-refractivity contribution in [3.8, 4) is 5.75 Å². The standard InChI is InChI=1S/C10H13F2NO/c1-3-4-14-8-5-7(13)6(2)9(11)10(8)12/h5H,3-4,13H2,1-2H3. The zero-order chi connectivity index (χ0) is 10.7. The monoisotopic (exact) mass is 201 g/mol. The maximum Gasteiger partial charge on any atom is 0.201 e. The van der Waals surface area contributed by atoms with Gasteiger partial charge in [-0.05, 0) is 13.3 Å². The molecule has 0 spiro atoms. The number of nitrogens with two attached hydrogens (primary N) is 1. The zero-order valence-corrected chi connectivity index (χ0v) is 8.23. The van der Waals surface area contributed by atoms with Crippen LogP contribution in [-0.2, 0) is 0 Å². The first-order valence-corrected chi connectivity index (χ1v) is 4.44. The van der Waals surface area contributed by atoms with Gasteiger partial charge in [-0.2, -0.15) is 4.39 Å². The van der Waals surface area contributed by atoms with Gasteiger partial charge < -0.3 is 10.5 Å². The minimum atomic E-state index is -0.967. The summed E-state index contributed by atoms with van der Waals surface area (Å²) in [5.41, 5.74) is 5.80. The molecule has 0 saturated heterocycles. The largest absolute Gasteiger partial charge is 0.490 e. The molecule has 0 bridgehead atoms. The van der Waals surface area contributed by atoms with E-state index in [4.69, 9.17) is 10.5 Å².